The summed E-state index contributed by atoms with van der Waals surface area (Å²) in [7, 11) is 0. The molecular weight excluding hydrogens is 504 g/mol. The van der Waals surface area contributed by atoms with Crippen molar-refractivity contribution in [1.29, 1.82) is 0 Å². The van der Waals surface area contributed by atoms with Gasteiger partial charge in [0.2, 0.25) is 0 Å². The number of nitrogens with two attached hydrogens (primary N) is 2. The average molecular weight is 516 g/mol. The number of rotatable bonds is 3. The van der Waals surface area contributed by atoms with E-state index in [1.54, 1.807) is 0 Å². The van der Waals surface area contributed by atoms with Crippen LogP contribution in [0.3, 0.4) is 0 Å². The Bertz CT molecular complexity index is 957. The number of anilines is 2. The molecule has 0 radical (unpaired) electrons. The van der Waals surface area contributed by atoms with Crippen molar-refractivity contribution < 1.29 is 62.9 Å². The van der Waals surface area contributed by atoms with Gasteiger partial charge in [0.15, 0.2) is 0 Å². The summed E-state index contributed by atoms with van der Waals surface area (Å²) in [5.74, 6) is 0. The normalized spacial score (nSPS) is 14.4. The van der Waals surface area contributed by atoms with Crippen LogP contribution >= 0.6 is 0 Å². The number of aliphatic hydroxyl groups is 2. The molecule has 4 nitrogen and oxygen atoms in total. The van der Waals surface area contributed by atoms with Gasteiger partial charge >= 0.3 is 24.7 Å². The van der Waals surface area contributed by atoms with Crippen LogP contribution in [-0.4, -0.2) is 34.9 Å². The second-order valence-electron chi connectivity index (χ2n) is 7.02. The molecule has 0 bridgehead atoms. The zero-order chi connectivity index (χ0) is 26.7. The van der Waals surface area contributed by atoms with Gasteiger partial charge in [0.25, 0.3) is 11.2 Å². The quantitative estimate of drug-likeness (QED) is 0.336. The lowest BCUT2D eigenvalue weighted by molar-refractivity contribution is -0.376. The number of nitrogen functional groups attached to an aromatic ring is 2. The van der Waals surface area contributed by atoms with E-state index < -0.39 is 69.5 Å². The van der Waals surface area contributed by atoms with Crippen molar-refractivity contribution >= 4 is 11.4 Å². The highest BCUT2D eigenvalue weighted by Gasteiger charge is 2.73. The molecular formula is C18H12F12N2O2. The van der Waals surface area contributed by atoms with E-state index in [0.717, 1.165) is 0 Å². The van der Waals surface area contributed by atoms with E-state index in [4.69, 9.17) is 11.5 Å². The Balaban J connectivity index is 2.85. The lowest BCUT2D eigenvalue weighted by Gasteiger charge is -2.34. The van der Waals surface area contributed by atoms with E-state index in [1.165, 1.54) is 0 Å². The lowest BCUT2D eigenvalue weighted by atomic mass is 9.86. The van der Waals surface area contributed by atoms with Crippen LogP contribution in [-0.2, 0) is 11.2 Å². The highest BCUT2D eigenvalue weighted by molar-refractivity contribution is 5.72. The van der Waals surface area contributed by atoms with E-state index in [-0.39, 0.29) is 12.1 Å². The molecule has 2 aromatic carbocycles. The van der Waals surface area contributed by atoms with Crippen LogP contribution in [0.25, 0.3) is 11.1 Å². The fourth-order valence-electron chi connectivity index (χ4n) is 3.03. The van der Waals surface area contributed by atoms with Crippen LogP contribution < -0.4 is 11.5 Å². The van der Waals surface area contributed by atoms with Crippen LogP contribution in [0, 0.1) is 0 Å². The van der Waals surface area contributed by atoms with Crippen LogP contribution in [0.5, 0.6) is 0 Å². The molecule has 0 aromatic heterocycles. The first-order valence-electron chi connectivity index (χ1n) is 8.52. The van der Waals surface area contributed by atoms with Crippen molar-refractivity contribution in [2.24, 2.45) is 0 Å². The predicted octanol–water partition coefficient (Wildman–Crippen LogP) is 5.14. The molecule has 34 heavy (non-hydrogen) atoms. The summed E-state index contributed by atoms with van der Waals surface area (Å²) < 4.78 is 159. The van der Waals surface area contributed by atoms with Crippen molar-refractivity contribution in [2.75, 3.05) is 11.5 Å². The molecule has 0 fully saturated rings. The summed E-state index contributed by atoms with van der Waals surface area (Å²) in [6.07, 6.45) is -25.5. The fourth-order valence-corrected chi connectivity index (χ4v) is 3.03. The number of alkyl halides is 12. The highest BCUT2D eigenvalue weighted by atomic mass is 19.4. The molecule has 0 unspecified atom stereocenters. The second kappa shape index (κ2) is 7.83. The molecule has 2 rings (SSSR count). The van der Waals surface area contributed by atoms with Crippen molar-refractivity contribution in [3.63, 3.8) is 0 Å². The van der Waals surface area contributed by atoms with Gasteiger partial charge in [0, 0.05) is 22.5 Å². The van der Waals surface area contributed by atoms with Gasteiger partial charge in [-0.15, -0.1) is 0 Å². The average Bonchev–Trinajstić information content (AvgIpc) is 2.64. The van der Waals surface area contributed by atoms with E-state index in [0.29, 0.717) is 24.3 Å². The van der Waals surface area contributed by atoms with Crippen LogP contribution in [0.15, 0.2) is 36.4 Å². The molecule has 0 amide bonds. The maximum Gasteiger partial charge on any atom is 0.430 e. The number of hydrogen-bond acceptors (Lipinski definition) is 4. The molecule has 0 aliphatic carbocycles. The first kappa shape index (κ1) is 27.4. The number of hydrogen-bond donors (Lipinski definition) is 4. The summed E-state index contributed by atoms with van der Waals surface area (Å²) in [4.78, 5) is 0. The van der Waals surface area contributed by atoms with E-state index in [1.807, 2.05) is 0 Å². The molecule has 0 atom stereocenters. The topological polar surface area (TPSA) is 92.5 Å². The van der Waals surface area contributed by atoms with Crippen molar-refractivity contribution in [1.82, 2.24) is 0 Å². The lowest BCUT2D eigenvalue weighted by Crippen LogP contribution is -2.54. The zero-order valence-corrected chi connectivity index (χ0v) is 16.0. The van der Waals surface area contributed by atoms with Crippen LogP contribution in [0.1, 0.15) is 11.1 Å². The molecule has 16 heteroatoms. The minimum atomic E-state index is -6.38. The van der Waals surface area contributed by atoms with Gasteiger partial charge in [-0.3, -0.25) is 0 Å². The van der Waals surface area contributed by atoms with Crippen molar-refractivity contribution in [2.45, 2.75) is 35.9 Å². The van der Waals surface area contributed by atoms with E-state index >= 15 is 0 Å². The van der Waals surface area contributed by atoms with Gasteiger partial charge in [-0.05, 0) is 35.4 Å². The van der Waals surface area contributed by atoms with E-state index in [2.05, 4.69) is 0 Å². The smallest absolute Gasteiger partial charge is 0.398 e. The monoisotopic (exact) mass is 516 g/mol. The number of halogens is 12. The third kappa shape index (κ3) is 4.08. The van der Waals surface area contributed by atoms with Gasteiger partial charge in [-0.2, -0.15) is 52.7 Å². The SMILES string of the molecule is Nc1ccc(-c2ccc(N)c(C(O)(C(F)(F)F)C(F)(F)F)c2)cc1C(O)(C(F)(F)F)C(F)(F)F. The Morgan fingerprint density at radius 2 is 0.706 bits per heavy atom. The van der Waals surface area contributed by atoms with Gasteiger partial charge in [-0.1, -0.05) is 12.1 Å². The third-order valence-electron chi connectivity index (χ3n) is 4.86. The Kier molecular flexibility index (Phi) is 6.30. The first-order chi connectivity index (χ1) is 15.0. The summed E-state index contributed by atoms with van der Waals surface area (Å²) >= 11 is 0. The summed E-state index contributed by atoms with van der Waals surface area (Å²) in [6.45, 7) is 0. The number of benzene rings is 2. The van der Waals surface area contributed by atoms with Crippen molar-refractivity contribution in [3.8, 4) is 11.1 Å². The zero-order valence-electron chi connectivity index (χ0n) is 16.0. The molecule has 0 aliphatic heterocycles. The molecule has 0 saturated heterocycles. The van der Waals surface area contributed by atoms with Gasteiger partial charge in [0.1, 0.15) is 0 Å². The predicted molar refractivity (Wildman–Crippen MR) is 92.7 cm³/mol. The summed E-state index contributed by atoms with van der Waals surface area (Å²) in [5.41, 5.74) is -8.80. The maximum atomic E-state index is 13.2. The molecule has 0 aliphatic rings. The first-order valence-corrected chi connectivity index (χ1v) is 8.52. The highest BCUT2D eigenvalue weighted by Crippen LogP contribution is 2.54. The van der Waals surface area contributed by atoms with Crippen LogP contribution in [0.4, 0.5) is 64.1 Å². The summed E-state index contributed by atoms with van der Waals surface area (Å²) in [6, 6.07) is 2.16. The molecule has 0 spiro atoms. The minimum absolute atomic E-state index is 0.00809. The minimum Gasteiger partial charge on any atom is -0.398 e. The van der Waals surface area contributed by atoms with Crippen LogP contribution in [0.2, 0.25) is 0 Å². The molecule has 0 saturated carbocycles. The Morgan fingerprint density at radius 3 is 0.912 bits per heavy atom. The summed E-state index contributed by atoms with van der Waals surface area (Å²) in [5, 5.41) is 19.1. The largest absolute Gasteiger partial charge is 0.430 e. The molecule has 2 aromatic rings. The van der Waals surface area contributed by atoms with E-state index in [9.17, 15) is 62.9 Å². The van der Waals surface area contributed by atoms with Gasteiger partial charge < -0.3 is 21.7 Å². The second-order valence-corrected chi connectivity index (χ2v) is 7.02. The molecule has 190 valence electrons. The van der Waals surface area contributed by atoms with Gasteiger partial charge in [-0.25, -0.2) is 0 Å². The standard InChI is InChI=1S/C18H12F12N2O2/c19-15(20,21)13(33,16(22,23)24)9-5-7(1-3-11(9)31)8-2-4-12(32)10(6-8)14(34,17(25,26)27)18(28,29)30/h1-6,33-34H,31-32H2. The molecule has 0 heterocycles. The Morgan fingerprint density at radius 1 is 0.471 bits per heavy atom. The molecule has 6 N–H and O–H groups in total. The van der Waals surface area contributed by atoms with Gasteiger partial charge in [0.05, 0.1) is 0 Å². The fraction of sp³-hybridized carbons (Fsp3) is 0.333. The third-order valence-corrected chi connectivity index (χ3v) is 4.86. The maximum absolute atomic E-state index is 13.2. The van der Waals surface area contributed by atoms with Crippen molar-refractivity contribution in [3.05, 3.63) is 47.5 Å². The Hall–Kier alpha value is -2.88. The Labute approximate surface area is 181 Å².